The van der Waals surface area contributed by atoms with E-state index in [1.807, 2.05) is 18.8 Å². The molecule has 0 saturated heterocycles. The second kappa shape index (κ2) is 10.3. The lowest BCUT2D eigenvalue weighted by Crippen LogP contribution is -2.45. The number of rotatable bonds is 9. The molecule has 24 heavy (non-hydrogen) atoms. The van der Waals surface area contributed by atoms with Crippen molar-refractivity contribution in [1.82, 2.24) is 25.3 Å². The highest BCUT2D eigenvalue weighted by Gasteiger charge is 2.13. The topological polar surface area (TPSA) is 57.5 Å². The van der Waals surface area contributed by atoms with Crippen LogP contribution in [0.1, 0.15) is 43.6 Å². The Bertz CT molecular complexity index is 520. The molecule has 1 unspecified atom stereocenters. The highest BCUT2D eigenvalue weighted by Crippen LogP contribution is 2.14. The van der Waals surface area contributed by atoms with E-state index < -0.39 is 0 Å². The van der Waals surface area contributed by atoms with Crippen LogP contribution in [0.25, 0.3) is 0 Å². The maximum absolute atomic E-state index is 4.49. The molecular weight excluding hydrogens is 300 g/mol. The van der Waals surface area contributed by atoms with E-state index in [2.05, 4.69) is 60.4 Å². The van der Waals surface area contributed by atoms with Crippen molar-refractivity contribution in [2.24, 2.45) is 12.0 Å². The van der Waals surface area contributed by atoms with Crippen LogP contribution in [0.5, 0.6) is 0 Å². The first-order valence-electron chi connectivity index (χ1n) is 9.03. The Kier molecular flexibility index (Phi) is 8.82. The fourth-order valence-electron chi connectivity index (χ4n) is 2.80. The summed E-state index contributed by atoms with van der Waals surface area (Å²) < 4.78 is 1.95. The maximum atomic E-state index is 4.49. The zero-order valence-electron chi connectivity index (χ0n) is 16.6. The van der Waals surface area contributed by atoms with Gasteiger partial charge in [0.15, 0.2) is 5.96 Å². The molecular formula is C18H36N6. The van der Waals surface area contributed by atoms with Crippen molar-refractivity contribution in [3.8, 4) is 0 Å². The van der Waals surface area contributed by atoms with Gasteiger partial charge in [0.05, 0.1) is 5.69 Å². The standard InChI is InChI=1S/C18H36N6/c1-8-9-11-23(6)12-10-20-18(19-5)21-14(2)13-17-15(3)22-24(7)16(17)4/h14H,8-13H2,1-7H3,(H2,19,20,21). The molecule has 1 heterocycles. The number of unbranched alkanes of at least 4 members (excludes halogenated alkanes) is 1. The number of nitrogens with zero attached hydrogens (tertiary/aromatic N) is 4. The number of nitrogens with one attached hydrogen (secondary N) is 2. The lowest BCUT2D eigenvalue weighted by atomic mass is 10.1. The van der Waals surface area contributed by atoms with Crippen molar-refractivity contribution in [3.05, 3.63) is 17.0 Å². The van der Waals surface area contributed by atoms with Crippen LogP contribution >= 0.6 is 0 Å². The SMILES string of the molecule is CCCCN(C)CCNC(=NC)NC(C)Cc1c(C)nn(C)c1C. The Hall–Kier alpha value is -1.56. The quantitative estimate of drug-likeness (QED) is 0.534. The predicted molar refractivity (Wildman–Crippen MR) is 103 cm³/mol. The summed E-state index contributed by atoms with van der Waals surface area (Å²) in [6.07, 6.45) is 3.44. The molecule has 1 aromatic heterocycles. The predicted octanol–water partition coefficient (Wildman–Crippen LogP) is 1.86. The third-order valence-electron chi connectivity index (χ3n) is 4.46. The third-order valence-corrected chi connectivity index (χ3v) is 4.46. The zero-order chi connectivity index (χ0) is 18.1. The summed E-state index contributed by atoms with van der Waals surface area (Å²) in [6.45, 7) is 11.7. The average molecular weight is 337 g/mol. The van der Waals surface area contributed by atoms with Crippen molar-refractivity contribution in [1.29, 1.82) is 0 Å². The minimum atomic E-state index is 0.302. The lowest BCUT2D eigenvalue weighted by Gasteiger charge is -2.20. The smallest absolute Gasteiger partial charge is 0.191 e. The van der Waals surface area contributed by atoms with E-state index in [4.69, 9.17) is 0 Å². The van der Waals surface area contributed by atoms with Crippen LogP contribution in [-0.2, 0) is 13.5 Å². The molecule has 138 valence electrons. The van der Waals surface area contributed by atoms with Crippen molar-refractivity contribution < 1.29 is 0 Å². The molecule has 1 rings (SSSR count). The largest absolute Gasteiger partial charge is 0.355 e. The molecule has 1 atom stereocenters. The molecule has 0 saturated carbocycles. The van der Waals surface area contributed by atoms with Gasteiger partial charge in [-0.2, -0.15) is 5.10 Å². The molecule has 0 aliphatic carbocycles. The van der Waals surface area contributed by atoms with E-state index in [0.717, 1.165) is 37.7 Å². The minimum absolute atomic E-state index is 0.302. The Morgan fingerprint density at radius 3 is 2.58 bits per heavy atom. The first-order chi connectivity index (χ1) is 11.4. The van der Waals surface area contributed by atoms with E-state index in [9.17, 15) is 0 Å². The third kappa shape index (κ3) is 6.51. The van der Waals surface area contributed by atoms with Gasteiger partial charge in [0.1, 0.15) is 0 Å². The molecule has 6 heteroatoms. The molecule has 0 spiro atoms. The summed E-state index contributed by atoms with van der Waals surface area (Å²) in [4.78, 5) is 6.69. The van der Waals surface area contributed by atoms with Gasteiger partial charge in [-0.05, 0) is 52.8 Å². The summed E-state index contributed by atoms with van der Waals surface area (Å²) in [5.41, 5.74) is 3.68. The second-order valence-electron chi connectivity index (χ2n) is 6.68. The Morgan fingerprint density at radius 1 is 1.33 bits per heavy atom. The number of likely N-dealkylation sites (N-methyl/N-ethyl adjacent to an activating group) is 1. The van der Waals surface area contributed by atoms with Crippen molar-refractivity contribution >= 4 is 5.96 Å². The highest BCUT2D eigenvalue weighted by atomic mass is 15.3. The summed E-state index contributed by atoms with van der Waals surface area (Å²) >= 11 is 0. The fraction of sp³-hybridized carbons (Fsp3) is 0.778. The number of hydrogen-bond donors (Lipinski definition) is 2. The molecule has 0 bridgehead atoms. The van der Waals surface area contributed by atoms with Gasteiger partial charge in [-0.15, -0.1) is 0 Å². The van der Waals surface area contributed by atoms with Crippen LogP contribution in [0.2, 0.25) is 0 Å². The van der Waals surface area contributed by atoms with Crippen LogP contribution < -0.4 is 10.6 Å². The summed E-state index contributed by atoms with van der Waals surface area (Å²) in [5.74, 6) is 0.866. The molecule has 0 aliphatic heterocycles. The van der Waals surface area contributed by atoms with Crippen LogP contribution in [-0.4, -0.2) is 60.4 Å². The second-order valence-corrected chi connectivity index (χ2v) is 6.68. The van der Waals surface area contributed by atoms with Gasteiger partial charge in [-0.1, -0.05) is 13.3 Å². The Morgan fingerprint density at radius 2 is 2.04 bits per heavy atom. The molecule has 0 aliphatic rings. The van der Waals surface area contributed by atoms with Gasteiger partial charge in [0, 0.05) is 38.9 Å². The monoisotopic (exact) mass is 336 g/mol. The number of aryl methyl sites for hydroxylation is 2. The van der Waals surface area contributed by atoms with E-state index in [-0.39, 0.29) is 0 Å². The van der Waals surface area contributed by atoms with Gasteiger partial charge < -0.3 is 15.5 Å². The molecule has 0 aromatic carbocycles. The first kappa shape index (κ1) is 20.5. The number of aromatic nitrogens is 2. The van der Waals surface area contributed by atoms with Gasteiger partial charge >= 0.3 is 0 Å². The maximum Gasteiger partial charge on any atom is 0.191 e. The summed E-state index contributed by atoms with van der Waals surface area (Å²) in [5, 5.41) is 11.4. The summed E-state index contributed by atoms with van der Waals surface area (Å²) in [6, 6.07) is 0.302. The van der Waals surface area contributed by atoms with E-state index in [1.165, 1.54) is 24.1 Å². The van der Waals surface area contributed by atoms with Crippen molar-refractivity contribution in [3.63, 3.8) is 0 Å². The lowest BCUT2D eigenvalue weighted by molar-refractivity contribution is 0.332. The highest BCUT2D eigenvalue weighted by molar-refractivity contribution is 5.79. The van der Waals surface area contributed by atoms with Gasteiger partial charge in [0.25, 0.3) is 0 Å². The molecule has 0 radical (unpaired) electrons. The number of aliphatic imine (C=N–C) groups is 1. The van der Waals surface area contributed by atoms with Gasteiger partial charge in [-0.25, -0.2) is 0 Å². The number of hydrogen-bond acceptors (Lipinski definition) is 3. The molecule has 2 N–H and O–H groups in total. The molecule has 0 amide bonds. The van der Waals surface area contributed by atoms with Crippen LogP contribution in [0.15, 0.2) is 4.99 Å². The Labute approximate surface area is 147 Å². The molecule has 6 nitrogen and oxygen atoms in total. The van der Waals surface area contributed by atoms with E-state index >= 15 is 0 Å². The normalized spacial score (nSPS) is 13.4. The number of guanidine groups is 1. The van der Waals surface area contributed by atoms with Crippen LogP contribution in [0.3, 0.4) is 0 Å². The first-order valence-corrected chi connectivity index (χ1v) is 9.03. The molecule has 0 fully saturated rings. The van der Waals surface area contributed by atoms with Gasteiger partial charge in [-0.3, -0.25) is 9.67 Å². The Balaban J connectivity index is 2.42. The molecule has 1 aromatic rings. The van der Waals surface area contributed by atoms with Crippen LogP contribution in [0, 0.1) is 13.8 Å². The van der Waals surface area contributed by atoms with E-state index in [0.29, 0.717) is 6.04 Å². The average Bonchev–Trinajstić information content (AvgIpc) is 2.78. The summed E-state index contributed by atoms with van der Waals surface area (Å²) in [7, 11) is 5.99. The van der Waals surface area contributed by atoms with Crippen LogP contribution in [0.4, 0.5) is 0 Å². The van der Waals surface area contributed by atoms with Crippen molar-refractivity contribution in [2.45, 2.75) is 53.0 Å². The van der Waals surface area contributed by atoms with Gasteiger partial charge in [0.2, 0.25) is 0 Å². The van der Waals surface area contributed by atoms with E-state index in [1.54, 1.807) is 0 Å². The minimum Gasteiger partial charge on any atom is -0.355 e. The fourth-order valence-corrected chi connectivity index (χ4v) is 2.80. The zero-order valence-corrected chi connectivity index (χ0v) is 16.6. The van der Waals surface area contributed by atoms with Crippen molar-refractivity contribution in [2.75, 3.05) is 33.7 Å².